The molecule has 1 N–H and O–H groups in total. The van der Waals surface area contributed by atoms with Gasteiger partial charge in [0.1, 0.15) is 5.82 Å². The van der Waals surface area contributed by atoms with Crippen LogP contribution in [-0.4, -0.2) is 37.2 Å². The molecule has 1 unspecified atom stereocenters. The van der Waals surface area contributed by atoms with Crippen molar-refractivity contribution in [3.8, 4) is 0 Å². The van der Waals surface area contributed by atoms with Crippen LogP contribution in [0.15, 0.2) is 60.7 Å². The van der Waals surface area contributed by atoms with Crippen molar-refractivity contribution in [2.45, 2.75) is 18.9 Å². The predicted octanol–water partition coefficient (Wildman–Crippen LogP) is 4.10. The number of hydrogen-bond donors (Lipinski definition) is 1. The molecule has 0 radical (unpaired) electrons. The first-order chi connectivity index (χ1) is 13.3. The molecule has 1 atom stereocenters. The standard InChI is InChI=1S/C22H23N3O2/c1-27-15-17-10-7-13-25(17)21-14-19(18-11-5-6-12-20(18)24-21)22(26)23-16-8-3-2-4-9-16/h2-6,8-9,11-12,14,17H,7,10,13,15H2,1H3,(H,23,26). The second-order valence-electron chi connectivity index (χ2n) is 6.81. The highest BCUT2D eigenvalue weighted by Crippen LogP contribution is 2.29. The van der Waals surface area contributed by atoms with E-state index in [0.29, 0.717) is 18.2 Å². The summed E-state index contributed by atoms with van der Waals surface area (Å²) in [6.45, 7) is 1.60. The van der Waals surface area contributed by atoms with E-state index in [1.165, 1.54) is 0 Å². The molecule has 5 heteroatoms. The molecule has 0 spiro atoms. The number of methoxy groups -OCH3 is 1. The molecule has 5 nitrogen and oxygen atoms in total. The number of ether oxygens (including phenoxy) is 1. The third kappa shape index (κ3) is 3.64. The van der Waals surface area contributed by atoms with Crippen molar-refractivity contribution in [1.82, 2.24) is 4.98 Å². The van der Waals surface area contributed by atoms with Crippen LogP contribution < -0.4 is 10.2 Å². The smallest absolute Gasteiger partial charge is 0.256 e. The van der Waals surface area contributed by atoms with Crippen molar-refractivity contribution in [1.29, 1.82) is 0 Å². The number of hydrogen-bond acceptors (Lipinski definition) is 4. The van der Waals surface area contributed by atoms with Crippen molar-refractivity contribution in [3.05, 3.63) is 66.2 Å². The third-order valence-electron chi connectivity index (χ3n) is 5.01. The molecule has 2 heterocycles. The fraction of sp³-hybridized carbons (Fsp3) is 0.273. The lowest BCUT2D eigenvalue weighted by Gasteiger charge is -2.26. The zero-order valence-corrected chi connectivity index (χ0v) is 15.4. The van der Waals surface area contributed by atoms with Crippen molar-refractivity contribution in [3.63, 3.8) is 0 Å². The van der Waals surface area contributed by atoms with E-state index in [1.807, 2.05) is 60.7 Å². The highest BCUT2D eigenvalue weighted by atomic mass is 16.5. The second-order valence-corrected chi connectivity index (χ2v) is 6.81. The van der Waals surface area contributed by atoms with Crippen LogP contribution in [0.1, 0.15) is 23.2 Å². The Hall–Kier alpha value is -2.92. The quantitative estimate of drug-likeness (QED) is 0.743. The fourth-order valence-electron chi connectivity index (χ4n) is 3.72. The van der Waals surface area contributed by atoms with Crippen molar-refractivity contribution in [2.75, 3.05) is 30.5 Å². The van der Waals surface area contributed by atoms with E-state index in [2.05, 4.69) is 10.2 Å². The number of para-hydroxylation sites is 2. The molecule has 27 heavy (non-hydrogen) atoms. The molecule has 2 aromatic carbocycles. The molecule has 0 bridgehead atoms. The summed E-state index contributed by atoms with van der Waals surface area (Å²) in [5.41, 5.74) is 2.25. The van der Waals surface area contributed by atoms with Crippen LogP contribution in [0.5, 0.6) is 0 Å². The van der Waals surface area contributed by atoms with E-state index in [9.17, 15) is 4.79 Å². The topological polar surface area (TPSA) is 54.5 Å². The lowest BCUT2D eigenvalue weighted by atomic mass is 10.1. The summed E-state index contributed by atoms with van der Waals surface area (Å²) in [6, 6.07) is 19.5. The first-order valence-electron chi connectivity index (χ1n) is 9.28. The molecule has 1 amide bonds. The minimum absolute atomic E-state index is 0.122. The molecule has 1 saturated heterocycles. The molecule has 1 aromatic heterocycles. The number of anilines is 2. The average Bonchev–Trinajstić information content (AvgIpc) is 3.16. The lowest BCUT2D eigenvalue weighted by molar-refractivity contribution is 0.102. The highest BCUT2D eigenvalue weighted by Gasteiger charge is 2.27. The van der Waals surface area contributed by atoms with Gasteiger partial charge in [0.15, 0.2) is 0 Å². The Bertz CT molecular complexity index is 943. The third-order valence-corrected chi connectivity index (χ3v) is 5.01. The summed E-state index contributed by atoms with van der Waals surface area (Å²) in [4.78, 5) is 20.1. The van der Waals surface area contributed by atoms with Gasteiger partial charge in [-0.2, -0.15) is 0 Å². The maximum absolute atomic E-state index is 13.0. The number of aromatic nitrogens is 1. The van der Waals surface area contributed by atoms with Gasteiger partial charge >= 0.3 is 0 Å². The summed E-state index contributed by atoms with van der Waals surface area (Å²) >= 11 is 0. The minimum Gasteiger partial charge on any atom is -0.383 e. The zero-order valence-electron chi connectivity index (χ0n) is 15.4. The molecule has 1 fully saturated rings. The maximum atomic E-state index is 13.0. The largest absolute Gasteiger partial charge is 0.383 e. The summed E-state index contributed by atoms with van der Waals surface area (Å²) < 4.78 is 5.37. The molecule has 1 aliphatic rings. The number of carbonyl (C=O) groups is 1. The van der Waals surface area contributed by atoms with Gasteiger partial charge in [-0.3, -0.25) is 4.79 Å². The summed E-state index contributed by atoms with van der Waals surface area (Å²) in [5.74, 6) is 0.718. The van der Waals surface area contributed by atoms with Crippen LogP contribution in [0.2, 0.25) is 0 Å². The van der Waals surface area contributed by atoms with Crippen LogP contribution in [-0.2, 0) is 4.74 Å². The lowest BCUT2D eigenvalue weighted by Crippen LogP contribution is -2.33. The van der Waals surface area contributed by atoms with Gasteiger partial charge < -0.3 is 15.0 Å². The van der Waals surface area contributed by atoms with Crippen LogP contribution >= 0.6 is 0 Å². The van der Waals surface area contributed by atoms with Gasteiger partial charge in [0.25, 0.3) is 5.91 Å². The summed E-state index contributed by atoms with van der Waals surface area (Å²) in [7, 11) is 1.73. The Balaban J connectivity index is 1.73. The Kier molecular flexibility index (Phi) is 5.03. The first kappa shape index (κ1) is 17.5. The number of amides is 1. The monoisotopic (exact) mass is 361 g/mol. The SMILES string of the molecule is COCC1CCCN1c1cc(C(=O)Nc2ccccc2)c2ccccc2n1. The van der Waals surface area contributed by atoms with Crippen LogP contribution in [0.4, 0.5) is 11.5 Å². The van der Waals surface area contributed by atoms with E-state index in [0.717, 1.165) is 41.8 Å². The molecule has 4 rings (SSSR count). The van der Waals surface area contributed by atoms with Gasteiger partial charge in [-0.15, -0.1) is 0 Å². The minimum atomic E-state index is -0.122. The molecule has 1 aliphatic heterocycles. The number of pyridine rings is 1. The van der Waals surface area contributed by atoms with Crippen LogP contribution in [0.25, 0.3) is 10.9 Å². The van der Waals surface area contributed by atoms with E-state index < -0.39 is 0 Å². The number of fused-ring (bicyclic) bond motifs is 1. The Morgan fingerprint density at radius 3 is 2.78 bits per heavy atom. The highest BCUT2D eigenvalue weighted by molar-refractivity contribution is 6.13. The second kappa shape index (κ2) is 7.76. The molecule has 3 aromatic rings. The van der Waals surface area contributed by atoms with Crippen LogP contribution in [0, 0.1) is 0 Å². The number of nitrogens with one attached hydrogen (secondary N) is 1. The Morgan fingerprint density at radius 1 is 1.19 bits per heavy atom. The number of carbonyl (C=O) groups excluding carboxylic acids is 1. The first-order valence-corrected chi connectivity index (χ1v) is 9.28. The Morgan fingerprint density at radius 2 is 1.96 bits per heavy atom. The van der Waals surface area contributed by atoms with E-state index in [1.54, 1.807) is 7.11 Å². The van der Waals surface area contributed by atoms with Gasteiger partial charge in [-0.25, -0.2) is 4.98 Å². The van der Waals surface area contributed by atoms with E-state index in [-0.39, 0.29) is 5.91 Å². The van der Waals surface area contributed by atoms with Gasteiger partial charge in [0.05, 0.1) is 23.7 Å². The predicted molar refractivity (Wildman–Crippen MR) is 108 cm³/mol. The zero-order chi connectivity index (χ0) is 18.6. The summed E-state index contributed by atoms with van der Waals surface area (Å²) in [5, 5.41) is 3.85. The molecule has 0 aliphatic carbocycles. The van der Waals surface area contributed by atoms with E-state index in [4.69, 9.17) is 9.72 Å². The fourth-order valence-corrected chi connectivity index (χ4v) is 3.72. The van der Waals surface area contributed by atoms with E-state index >= 15 is 0 Å². The van der Waals surface area contributed by atoms with Gasteiger partial charge in [-0.05, 0) is 37.1 Å². The average molecular weight is 361 g/mol. The summed E-state index contributed by atoms with van der Waals surface area (Å²) in [6.07, 6.45) is 2.18. The number of benzene rings is 2. The molecule has 138 valence electrons. The Labute approximate surface area is 159 Å². The van der Waals surface area contributed by atoms with Crippen molar-refractivity contribution < 1.29 is 9.53 Å². The number of rotatable bonds is 5. The molecular formula is C22H23N3O2. The van der Waals surface area contributed by atoms with Crippen molar-refractivity contribution >= 4 is 28.3 Å². The maximum Gasteiger partial charge on any atom is 0.256 e. The van der Waals surface area contributed by atoms with Gasteiger partial charge in [-0.1, -0.05) is 36.4 Å². The number of nitrogens with zero attached hydrogens (tertiary/aromatic N) is 2. The van der Waals surface area contributed by atoms with Gasteiger partial charge in [0.2, 0.25) is 0 Å². The molecular weight excluding hydrogens is 338 g/mol. The van der Waals surface area contributed by atoms with Crippen molar-refractivity contribution in [2.24, 2.45) is 0 Å². The van der Waals surface area contributed by atoms with Gasteiger partial charge in [0, 0.05) is 24.7 Å². The molecule has 0 saturated carbocycles. The normalized spacial score (nSPS) is 16.6. The van der Waals surface area contributed by atoms with Crippen LogP contribution in [0.3, 0.4) is 0 Å².